The Bertz CT molecular complexity index is 781. The second-order valence-corrected chi connectivity index (χ2v) is 7.04. The van der Waals surface area contributed by atoms with Crippen molar-refractivity contribution in [3.05, 3.63) is 29.7 Å². The van der Waals surface area contributed by atoms with Crippen LogP contribution in [0.3, 0.4) is 0 Å². The lowest BCUT2D eigenvalue weighted by Crippen LogP contribution is -2.37. The first-order valence-electron chi connectivity index (χ1n) is 8.88. The van der Waals surface area contributed by atoms with Crippen molar-refractivity contribution < 1.29 is 14.0 Å². The molecule has 0 unspecified atom stereocenters. The van der Waals surface area contributed by atoms with E-state index in [9.17, 15) is 9.59 Å². The second-order valence-electron chi connectivity index (χ2n) is 7.04. The SMILES string of the molecule is Cc1nc2cc(C(=O)N3CCCN(C(=O)CC(C)C)CC3)ccc2o1. The van der Waals surface area contributed by atoms with Crippen molar-refractivity contribution in [2.45, 2.75) is 33.6 Å². The molecule has 1 aliphatic heterocycles. The van der Waals surface area contributed by atoms with Gasteiger partial charge in [0.25, 0.3) is 5.91 Å². The smallest absolute Gasteiger partial charge is 0.253 e. The summed E-state index contributed by atoms with van der Waals surface area (Å²) in [5.41, 5.74) is 2.00. The van der Waals surface area contributed by atoms with E-state index >= 15 is 0 Å². The quantitative estimate of drug-likeness (QED) is 0.859. The number of aryl methyl sites for hydroxylation is 1. The highest BCUT2D eigenvalue weighted by Gasteiger charge is 2.23. The van der Waals surface area contributed by atoms with Crippen LogP contribution in [0.1, 0.15) is 42.9 Å². The highest BCUT2D eigenvalue weighted by molar-refractivity contribution is 5.97. The summed E-state index contributed by atoms with van der Waals surface area (Å²) in [5.74, 6) is 1.12. The molecule has 0 bridgehead atoms. The highest BCUT2D eigenvalue weighted by atomic mass is 16.3. The van der Waals surface area contributed by atoms with Crippen molar-refractivity contribution in [3.63, 3.8) is 0 Å². The van der Waals surface area contributed by atoms with Crippen molar-refractivity contribution in [1.82, 2.24) is 14.8 Å². The predicted octanol–water partition coefficient (Wildman–Crippen LogP) is 2.86. The molecule has 0 aliphatic carbocycles. The van der Waals surface area contributed by atoms with Crippen LogP contribution in [-0.2, 0) is 4.79 Å². The van der Waals surface area contributed by atoms with Gasteiger partial charge in [0.1, 0.15) is 5.52 Å². The molecule has 1 aliphatic rings. The average molecular weight is 343 g/mol. The standard InChI is InChI=1S/C19H25N3O3/c1-13(2)11-18(23)21-7-4-8-22(10-9-21)19(24)15-5-6-17-16(12-15)20-14(3)25-17/h5-6,12-13H,4,7-11H2,1-3H3. The zero-order valence-corrected chi connectivity index (χ0v) is 15.1. The first kappa shape index (κ1) is 17.5. The number of carbonyl (C=O) groups is 2. The Kier molecular flexibility index (Phi) is 5.06. The average Bonchev–Trinajstić information content (AvgIpc) is 2.77. The van der Waals surface area contributed by atoms with E-state index in [-0.39, 0.29) is 11.8 Å². The van der Waals surface area contributed by atoms with Gasteiger partial charge in [0, 0.05) is 45.1 Å². The first-order valence-corrected chi connectivity index (χ1v) is 8.88. The Balaban J connectivity index is 1.68. The number of aromatic nitrogens is 1. The number of hydrogen-bond acceptors (Lipinski definition) is 4. The maximum absolute atomic E-state index is 12.8. The van der Waals surface area contributed by atoms with Gasteiger partial charge in [-0.25, -0.2) is 4.98 Å². The van der Waals surface area contributed by atoms with E-state index < -0.39 is 0 Å². The minimum absolute atomic E-state index is 0.0132. The van der Waals surface area contributed by atoms with E-state index in [1.165, 1.54) is 0 Å². The second kappa shape index (κ2) is 7.25. The molecule has 0 saturated carbocycles. The van der Waals surface area contributed by atoms with Gasteiger partial charge in [-0.3, -0.25) is 9.59 Å². The molecule has 1 aromatic heterocycles. The van der Waals surface area contributed by atoms with Crippen LogP contribution in [0, 0.1) is 12.8 Å². The monoisotopic (exact) mass is 343 g/mol. The lowest BCUT2D eigenvalue weighted by atomic mass is 10.1. The molecule has 3 rings (SSSR count). The summed E-state index contributed by atoms with van der Waals surface area (Å²) >= 11 is 0. The summed E-state index contributed by atoms with van der Waals surface area (Å²) in [6.45, 7) is 8.44. The molecule has 0 radical (unpaired) electrons. The van der Waals surface area contributed by atoms with E-state index in [2.05, 4.69) is 4.98 Å². The van der Waals surface area contributed by atoms with Gasteiger partial charge in [0.05, 0.1) is 0 Å². The third-order valence-electron chi connectivity index (χ3n) is 4.46. The third-order valence-corrected chi connectivity index (χ3v) is 4.46. The Hall–Kier alpha value is -2.37. The fourth-order valence-corrected chi connectivity index (χ4v) is 3.21. The number of nitrogens with zero attached hydrogens (tertiary/aromatic N) is 3. The third kappa shape index (κ3) is 4.00. The number of benzene rings is 1. The Morgan fingerprint density at radius 1 is 1.16 bits per heavy atom. The molecule has 2 aromatic rings. The fraction of sp³-hybridized carbons (Fsp3) is 0.526. The molecule has 0 spiro atoms. The zero-order chi connectivity index (χ0) is 18.0. The minimum Gasteiger partial charge on any atom is -0.441 e. The number of carbonyl (C=O) groups excluding carboxylic acids is 2. The zero-order valence-electron chi connectivity index (χ0n) is 15.1. The van der Waals surface area contributed by atoms with Crippen molar-refractivity contribution in [2.75, 3.05) is 26.2 Å². The first-order chi connectivity index (χ1) is 11.9. The molecule has 134 valence electrons. The summed E-state index contributed by atoms with van der Waals surface area (Å²) in [4.78, 5) is 33.1. The molecule has 1 aromatic carbocycles. The minimum atomic E-state index is -0.0132. The number of rotatable bonds is 3. The number of fused-ring (bicyclic) bond motifs is 1. The predicted molar refractivity (Wildman–Crippen MR) is 95.3 cm³/mol. The normalized spacial score (nSPS) is 15.7. The van der Waals surface area contributed by atoms with Gasteiger partial charge in [0.15, 0.2) is 11.5 Å². The van der Waals surface area contributed by atoms with E-state index in [0.717, 1.165) is 13.0 Å². The van der Waals surface area contributed by atoms with E-state index in [0.29, 0.717) is 54.5 Å². The summed E-state index contributed by atoms with van der Waals surface area (Å²) in [6.07, 6.45) is 1.37. The number of amides is 2. The molecule has 0 N–H and O–H groups in total. The van der Waals surface area contributed by atoms with Gasteiger partial charge in [-0.2, -0.15) is 0 Å². The van der Waals surface area contributed by atoms with Gasteiger partial charge >= 0.3 is 0 Å². The summed E-state index contributed by atoms with van der Waals surface area (Å²) < 4.78 is 5.46. The van der Waals surface area contributed by atoms with E-state index in [4.69, 9.17) is 4.42 Å². The van der Waals surface area contributed by atoms with Crippen LogP contribution >= 0.6 is 0 Å². The summed E-state index contributed by atoms with van der Waals surface area (Å²) in [5, 5.41) is 0. The van der Waals surface area contributed by atoms with Crippen molar-refractivity contribution >= 4 is 22.9 Å². The lowest BCUT2D eigenvalue weighted by molar-refractivity contribution is -0.131. The van der Waals surface area contributed by atoms with E-state index in [1.54, 1.807) is 25.1 Å². The molecule has 1 fully saturated rings. The number of hydrogen-bond donors (Lipinski definition) is 0. The maximum atomic E-state index is 12.8. The van der Waals surface area contributed by atoms with Gasteiger partial charge in [-0.15, -0.1) is 0 Å². The fourth-order valence-electron chi connectivity index (χ4n) is 3.21. The largest absolute Gasteiger partial charge is 0.441 e. The molecular weight excluding hydrogens is 318 g/mol. The molecule has 6 heteroatoms. The van der Waals surface area contributed by atoms with E-state index in [1.807, 2.05) is 23.6 Å². The molecular formula is C19H25N3O3. The highest BCUT2D eigenvalue weighted by Crippen LogP contribution is 2.19. The molecule has 6 nitrogen and oxygen atoms in total. The topological polar surface area (TPSA) is 66.7 Å². The molecule has 1 saturated heterocycles. The van der Waals surface area contributed by atoms with Gasteiger partial charge in [0.2, 0.25) is 5.91 Å². The van der Waals surface area contributed by atoms with Gasteiger partial charge in [-0.05, 0) is 30.5 Å². The van der Waals surface area contributed by atoms with Crippen LogP contribution in [0.25, 0.3) is 11.1 Å². The molecule has 2 heterocycles. The summed E-state index contributed by atoms with van der Waals surface area (Å²) in [6, 6.07) is 5.35. The molecule has 25 heavy (non-hydrogen) atoms. The number of oxazole rings is 1. The van der Waals surface area contributed by atoms with Gasteiger partial charge in [-0.1, -0.05) is 13.8 Å². The van der Waals surface area contributed by atoms with Crippen molar-refractivity contribution in [1.29, 1.82) is 0 Å². The lowest BCUT2D eigenvalue weighted by Gasteiger charge is -2.23. The van der Waals surface area contributed by atoms with Crippen LogP contribution in [0.2, 0.25) is 0 Å². The van der Waals surface area contributed by atoms with Crippen LogP contribution in [0.5, 0.6) is 0 Å². The Morgan fingerprint density at radius 3 is 2.64 bits per heavy atom. The van der Waals surface area contributed by atoms with Crippen molar-refractivity contribution in [2.24, 2.45) is 5.92 Å². The Labute approximate surface area is 147 Å². The summed E-state index contributed by atoms with van der Waals surface area (Å²) in [7, 11) is 0. The van der Waals surface area contributed by atoms with Gasteiger partial charge < -0.3 is 14.2 Å². The van der Waals surface area contributed by atoms with Crippen LogP contribution in [-0.4, -0.2) is 52.8 Å². The van der Waals surface area contributed by atoms with Crippen LogP contribution in [0.15, 0.2) is 22.6 Å². The van der Waals surface area contributed by atoms with Crippen LogP contribution < -0.4 is 0 Å². The maximum Gasteiger partial charge on any atom is 0.253 e. The molecule has 0 atom stereocenters. The van der Waals surface area contributed by atoms with Crippen molar-refractivity contribution in [3.8, 4) is 0 Å². The Morgan fingerprint density at radius 2 is 1.88 bits per heavy atom. The molecule has 2 amide bonds. The van der Waals surface area contributed by atoms with Crippen LogP contribution in [0.4, 0.5) is 0 Å².